The van der Waals surface area contributed by atoms with E-state index in [0.717, 1.165) is 5.56 Å². The monoisotopic (exact) mass is 180 g/mol. The molecule has 0 bridgehead atoms. The van der Waals surface area contributed by atoms with E-state index in [1.807, 2.05) is 30.3 Å². The van der Waals surface area contributed by atoms with E-state index in [-0.39, 0.29) is 0 Å². The molecule has 0 heterocycles. The van der Waals surface area contributed by atoms with E-state index in [1.165, 1.54) is 11.1 Å². The van der Waals surface area contributed by atoms with Gasteiger partial charge in [-0.2, -0.15) is 0 Å². The summed E-state index contributed by atoms with van der Waals surface area (Å²) in [6.07, 6.45) is 2.17. The molecule has 0 aliphatic heterocycles. The van der Waals surface area contributed by atoms with Gasteiger partial charge in [0.05, 0.1) is 0 Å². The lowest BCUT2D eigenvalue weighted by atomic mass is 10.2. The summed E-state index contributed by atoms with van der Waals surface area (Å²) in [5.41, 5.74) is 3.88. The fourth-order valence-corrected chi connectivity index (χ4v) is 1.22. The fourth-order valence-electron chi connectivity index (χ4n) is 1.22. The number of hydrogen-bond donors (Lipinski definition) is 0. The number of hydrogen-bond acceptors (Lipinski definition) is 0. The van der Waals surface area contributed by atoms with E-state index in [0.29, 0.717) is 0 Å². The van der Waals surface area contributed by atoms with Gasteiger partial charge >= 0.3 is 0 Å². The molecular formula is C14H12. The molecule has 0 aromatic heterocycles. The first kappa shape index (κ1) is 9.01. The van der Waals surface area contributed by atoms with E-state index >= 15 is 0 Å². The van der Waals surface area contributed by atoms with Crippen LogP contribution in [0.1, 0.15) is 16.7 Å². The minimum Gasteiger partial charge on any atom is -0.0622 e. The Morgan fingerprint density at radius 1 is 0.643 bits per heavy atom. The van der Waals surface area contributed by atoms with E-state index in [9.17, 15) is 0 Å². The molecular weight excluding hydrogens is 168 g/mol. The Balaban J connectivity index is 0.000000107. The number of benzene rings is 2. The van der Waals surface area contributed by atoms with Crippen molar-refractivity contribution in [3.8, 4) is 0 Å². The summed E-state index contributed by atoms with van der Waals surface area (Å²) >= 11 is 0. The summed E-state index contributed by atoms with van der Waals surface area (Å²) in [7, 11) is 0. The Bertz CT molecular complexity index is 368. The first-order valence-corrected chi connectivity index (χ1v) is 4.67. The highest BCUT2D eigenvalue weighted by Gasteiger charge is 2.13. The summed E-state index contributed by atoms with van der Waals surface area (Å²) in [6, 6.07) is 18.2. The van der Waals surface area contributed by atoms with Crippen LogP contribution in [0.2, 0.25) is 0 Å². The zero-order valence-corrected chi connectivity index (χ0v) is 7.98. The Morgan fingerprint density at radius 2 is 1.14 bits per heavy atom. The predicted octanol–water partition coefficient (Wildman–Crippen LogP) is 3.47. The van der Waals surface area contributed by atoms with Crippen LogP contribution >= 0.6 is 0 Å². The van der Waals surface area contributed by atoms with Crippen LogP contribution in [0.25, 0.3) is 0 Å². The average molecular weight is 180 g/mol. The zero-order valence-electron chi connectivity index (χ0n) is 7.98. The van der Waals surface area contributed by atoms with Crippen molar-refractivity contribution in [1.82, 2.24) is 0 Å². The molecule has 2 aromatic carbocycles. The largest absolute Gasteiger partial charge is 0.0622 e. The van der Waals surface area contributed by atoms with Crippen LogP contribution < -0.4 is 0 Å². The molecule has 3 rings (SSSR count). The van der Waals surface area contributed by atoms with E-state index in [2.05, 4.69) is 37.6 Å². The molecule has 0 spiro atoms. The van der Waals surface area contributed by atoms with E-state index in [1.54, 1.807) is 0 Å². The molecule has 0 nitrogen and oxygen atoms in total. The topological polar surface area (TPSA) is 0 Å². The maximum atomic E-state index is 3.72. The second-order valence-electron chi connectivity index (χ2n) is 3.26. The second-order valence-corrected chi connectivity index (χ2v) is 3.26. The molecule has 14 heavy (non-hydrogen) atoms. The van der Waals surface area contributed by atoms with Gasteiger partial charge in [0, 0.05) is 6.42 Å². The van der Waals surface area contributed by atoms with E-state index in [4.69, 9.17) is 0 Å². The van der Waals surface area contributed by atoms with Gasteiger partial charge in [0.25, 0.3) is 0 Å². The third-order valence-corrected chi connectivity index (χ3v) is 2.07. The van der Waals surface area contributed by atoms with Gasteiger partial charge in [0.15, 0.2) is 0 Å². The van der Waals surface area contributed by atoms with Crippen LogP contribution in [0.4, 0.5) is 0 Å². The molecule has 2 radical (unpaired) electrons. The van der Waals surface area contributed by atoms with Gasteiger partial charge in [-0.25, -0.2) is 0 Å². The highest BCUT2D eigenvalue weighted by atomic mass is 14.2. The van der Waals surface area contributed by atoms with Gasteiger partial charge < -0.3 is 0 Å². The lowest BCUT2D eigenvalue weighted by Crippen LogP contribution is -1.62. The average Bonchev–Trinajstić information content (AvgIpc) is 2.98. The summed E-state index contributed by atoms with van der Waals surface area (Å²) in [5.74, 6) is 0. The Morgan fingerprint density at radius 3 is 1.50 bits per heavy atom. The summed E-state index contributed by atoms with van der Waals surface area (Å²) in [5, 5.41) is 0. The van der Waals surface area contributed by atoms with Gasteiger partial charge in [-0.1, -0.05) is 54.6 Å². The summed E-state index contributed by atoms with van der Waals surface area (Å²) in [6.45, 7) is 3.72. The molecule has 1 aliphatic carbocycles. The second kappa shape index (κ2) is 4.10. The summed E-state index contributed by atoms with van der Waals surface area (Å²) in [4.78, 5) is 0. The molecule has 68 valence electrons. The van der Waals surface area contributed by atoms with Crippen molar-refractivity contribution in [2.75, 3.05) is 0 Å². The van der Waals surface area contributed by atoms with Crippen molar-refractivity contribution in [2.45, 2.75) is 0 Å². The number of fused-ring (bicyclic) bond motifs is 1. The molecule has 0 fully saturated rings. The van der Waals surface area contributed by atoms with Crippen LogP contribution in [0.3, 0.4) is 0 Å². The van der Waals surface area contributed by atoms with Crippen LogP contribution in [0.5, 0.6) is 0 Å². The van der Waals surface area contributed by atoms with Crippen LogP contribution in [0, 0.1) is 13.3 Å². The van der Waals surface area contributed by atoms with Crippen molar-refractivity contribution < 1.29 is 0 Å². The van der Waals surface area contributed by atoms with Crippen molar-refractivity contribution in [3.05, 3.63) is 84.6 Å². The molecule has 0 saturated carbocycles. The van der Waals surface area contributed by atoms with Gasteiger partial charge in [0.1, 0.15) is 0 Å². The lowest BCUT2D eigenvalue weighted by Gasteiger charge is -1.82. The fraction of sp³-hybridized carbons (Fsp3) is 0. The molecule has 2 aromatic rings. The quantitative estimate of drug-likeness (QED) is 0.497. The van der Waals surface area contributed by atoms with Crippen molar-refractivity contribution in [3.63, 3.8) is 0 Å². The van der Waals surface area contributed by atoms with Gasteiger partial charge in [0.2, 0.25) is 0 Å². The molecule has 1 aliphatic rings. The van der Waals surface area contributed by atoms with Gasteiger partial charge in [-0.05, 0) is 23.6 Å². The highest BCUT2D eigenvalue weighted by Crippen LogP contribution is 2.28. The molecule has 0 saturated heterocycles. The predicted molar refractivity (Wildman–Crippen MR) is 59.8 cm³/mol. The van der Waals surface area contributed by atoms with Crippen LogP contribution in [-0.2, 0) is 0 Å². The Hall–Kier alpha value is -1.56. The third-order valence-electron chi connectivity index (χ3n) is 2.07. The molecule has 0 atom stereocenters. The maximum absolute atomic E-state index is 3.72. The van der Waals surface area contributed by atoms with E-state index < -0.39 is 0 Å². The minimum absolute atomic E-state index is 1.07. The maximum Gasteiger partial charge on any atom is 0.0205 e. The SMILES string of the molecule is [CH2]c1ccccc1.[CH]1c2ccccc21. The highest BCUT2D eigenvalue weighted by molar-refractivity contribution is 5.57. The zero-order chi connectivity index (χ0) is 9.80. The van der Waals surface area contributed by atoms with Crippen molar-refractivity contribution in [1.29, 1.82) is 0 Å². The summed E-state index contributed by atoms with van der Waals surface area (Å²) < 4.78 is 0. The van der Waals surface area contributed by atoms with Crippen LogP contribution in [0.15, 0.2) is 54.6 Å². The normalized spacial score (nSPS) is 10.9. The molecule has 0 amide bonds. The molecule has 0 heteroatoms. The Kier molecular flexibility index (Phi) is 2.64. The van der Waals surface area contributed by atoms with Gasteiger partial charge in [-0.3, -0.25) is 0 Å². The molecule has 0 N–H and O–H groups in total. The lowest BCUT2D eigenvalue weighted by molar-refractivity contribution is 1.62. The first-order valence-electron chi connectivity index (χ1n) is 4.67. The van der Waals surface area contributed by atoms with Crippen molar-refractivity contribution in [2.24, 2.45) is 0 Å². The van der Waals surface area contributed by atoms with Crippen LogP contribution in [-0.4, -0.2) is 0 Å². The van der Waals surface area contributed by atoms with Gasteiger partial charge in [-0.15, -0.1) is 0 Å². The minimum atomic E-state index is 1.07. The van der Waals surface area contributed by atoms with Crippen molar-refractivity contribution >= 4 is 0 Å². The Labute approximate surface area is 85.2 Å². The molecule has 0 unspecified atom stereocenters. The number of rotatable bonds is 0. The first-order chi connectivity index (χ1) is 6.86. The third kappa shape index (κ3) is 2.46. The smallest absolute Gasteiger partial charge is 0.0205 e. The standard InChI is InChI=1S/C7H5.C7H7/c1-2-4-7-5-6(7)3-1;1-7-5-3-2-4-6-7/h1-5H;2-6H,1H2.